The van der Waals surface area contributed by atoms with Crippen LogP contribution < -0.4 is 5.32 Å². The first-order valence-electron chi connectivity index (χ1n) is 7.12. The summed E-state index contributed by atoms with van der Waals surface area (Å²) in [7, 11) is 0. The summed E-state index contributed by atoms with van der Waals surface area (Å²) in [5.74, 6) is 1.05. The van der Waals surface area contributed by atoms with E-state index in [9.17, 15) is 4.79 Å². The minimum absolute atomic E-state index is 0. The Bertz CT molecular complexity index is 267. The lowest BCUT2D eigenvalue weighted by Gasteiger charge is -2.38. The number of carboxylic acid groups (broad SMARTS) is 1. The van der Waals surface area contributed by atoms with Crippen molar-refractivity contribution in [1.82, 2.24) is 5.32 Å². The molecule has 0 aromatic carbocycles. The minimum Gasteiger partial charge on any atom is -0.481 e. The first kappa shape index (κ1) is 15.8. The van der Waals surface area contributed by atoms with Crippen LogP contribution in [0.3, 0.4) is 0 Å². The lowest BCUT2D eigenvalue weighted by atomic mass is 9.72. The zero-order valence-electron chi connectivity index (χ0n) is 11.2. The molecule has 2 aliphatic rings. The molecule has 0 aromatic rings. The van der Waals surface area contributed by atoms with E-state index in [0.29, 0.717) is 5.92 Å². The normalized spacial score (nSPS) is 31.4. The third kappa shape index (κ3) is 3.86. The Labute approximate surface area is 116 Å². The molecule has 3 atom stereocenters. The molecule has 3 nitrogen and oxygen atoms in total. The summed E-state index contributed by atoms with van der Waals surface area (Å²) < 4.78 is 0. The van der Waals surface area contributed by atoms with Gasteiger partial charge in [0.25, 0.3) is 0 Å². The maximum atomic E-state index is 11.1. The first-order chi connectivity index (χ1) is 8.18. The lowest BCUT2D eigenvalue weighted by molar-refractivity contribution is -0.143. The number of halogens is 1. The summed E-state index contributed by atoms with van der Waals surface area (Å²) in [6.45, 7) is 3.85. The number of carboxylic acids is 1. The Hall–Kier alpha value is -0.280. The fraction of sp³-hybridized carbons (Fsp3) is 0.929. The smallest absolute Gasteiger partial charge is 0.306 e. The molecule has 0 bridgehead atoms. The van der Waals surface area contributed by atoms with E-state index < -0.39 is 5.97 Å². The number of hydrogen-bond donors (Lipinski definition) is 2. The van der Waals surface area contributed by atoms with Gasteiger partial charge in [-0.1, -0.05) is 39.0 Å². The fourth-order valence-corrected chi connectivity index (χ4v) is 3.56. The highest BCUT2D eigenvalue weighted by Crippen LogP contribution is 2.36. The fourth-order valence-electron chi connectivity index (χ4n) is 3.56. The van der Waals surface area contributed by atoms with Crippen LogP contribution in [0.4, 0.5) is 0 Å². The Kier molecular flexibility index (Phi) is 6.44. The van der Waals surface area contributed by atoms with Crippen molar-refractivity contribution in [3.8, 4) is 0 Å². The van der Waals surface area contributed by atoms with Crippen LogP contribution in [0.25, 0.3) is 0 Å². The van der Waals surface area contributed by atoms with E-state index in [4.69, 9.17) is 5.11 Å². The van der Waals surface area contributed by atoms with Crippen molar-refractivity contribution in [2.24, 2.45) is 23.7 Å². The van der Waals surface area contributed by atoms with Gasteiger partial charge in [0.05, 0.1) is 5.92 Å². The second-order valence-corrected chi connectivity index (χ2v) is 5.94. The molecule has 1 heterocycles. The van der Waals surface area contributed by atoms with Crippen LogP contribution in [0.1, 0.15) is 45.4 Å². The number of hydrogen-bond acceptors (Lipinski definition) is 2. The zero-order chi connectivity index (χ0) is 12.3. The van der Waals surface area contributed by atoms with Gasteiger partial charge >= 0.3 is 5.97 Å². The second kappa shape index (κ2) is 7.34. The van der Waals surface area contributed by atoms with Gasteiger partial charge in [-0.2, -0.15) is 0 Å². The molecule has 2 fully saturated rings. The summed E-state index contributed by atoms with van der Waals surface area (Å²) >= 11 is 0. The number of rotatable bonds is 3. The van der Waals surface area contributed by atoms with Gasteiger partial charge in [-0.05, 0) is 37.3 Å². The van der Waals surface area contributed by atoms with Crippen molar-refractivity contribution < 1.29 is 9.90 Å². The molecule has 4 heteroatoms. The largest absolute Gasteiger partial charge is 0.481 e. The molecule has 0 radical (unpaired) electrons. The van der Waals surface area contributed by atoms with Crippen molar-refractivity contribution in [2.45, 2.75) is 45.4 Å². The van der Waals surface area contributed by atoms with Gasteiger partial charge in [-0.3, -0.25) is 4.79 Å². The van der Waals surface area contributed by atoms with Crippen LogP contribution in [-0.4, -0.2) is 24.2 Å². The topological polar surface area (TPSA) is 49.3 Å². The molecule has 1 aliphatic heterocycles. The van der Waals surface area contributed by atoms with Crippen LogP contribution in [0.15, 0.2) is 0 Å². The molecule has 0 aromatic heterocycles. The molecule has 1 saturated heterocycles. The summed E-state index contributed by atoms with van der Waals surface area (Å²) in [5.41, 5.74) is 0. The Morgan fingerprint density at radius 1 is 1.17 bits per heavy atom. The van der Waals surface area contributed by atoms with Crippen molar-refractivity contribution in [3.63, 3.8) is 0 Å². The van der Waals surface area contributed by atoms with Crippen LogP contribution in [0, 0.1) is 23.7 Å². The Morgan fingerprint density at radius 3 is 2.44 bits per heavy atom. The molecule has 1 unspecified atom stereocenters. The van der Waals surface area contributed by atoms with Gasteiger partial charge < -0.3 is 10.4 Å². The van der Waals surface area contributed by atoms with E-state index in [1.54, 1.807) is 0 Å². The number of carbonyl (C=O) groups is 1. The predicted molar refractivity (Wildman–Crippen MR) is 75.1 cm³/mol. The third-order valence-electron chi connectivity index (χ3n) is 4.83. The maximum Gasteiger partial charge on any atom is 0.306 e. The molecule has 18 heavy (non-hydrogen) atoms. The average molecular weight is 276 g/mol. The Morgan fingerprint density at radius 2 is 1.83 bits per heavy atom. The maximum absolute atomic E-state index is 11.1. The van der Waals surface area contributed by atoms with Crippen LogP contribution in [-0.2, 0) is 4.79 Å². The summed E-state index contributed by atoms with van der Waals surface area (Å²) in [6, 6.07) is 0. The van der Waals surface area contributed by atoms with Gasteiger partial charge in [0.1, 0.15) is 0 Å². The van der Waals surface area contributed by atoms with Gasteiger partial charge in [-0.25, -0.2) is 0 Å². The highest BCUT2D eigenvalue weighted by Gasteiger charge is 2.33. The molecular formula is C14H26ClNO2. The van der Waals surface area contributed by atoms with E-state index in [0.717, 1.165) is 31.3 Å². The second-order valence-electron chi connectivity index (χ2n) is 5.94. The first-order valence-corrected chi connectivity index (χ1v) is 7.12. The molecule has 1 aliphatic carbocycles. The monoisotopic (exact) mass is 275 g/mol. The Balaban J connectivity index is 0.00000162. The van der Waals surface area contributed by atoms with Gasteiger partial charge in [0, 0.05) is 0 Å². The zero-order valence-corrected chi connectivity index (χ0v) is 12.0. The minimum atomic E-state index is -0.638. The highest BCUT2D eigenvalue weighted by molar-refractivity contribution is 5.85. The van der Waals surface area contributed by atoms with Crippen molar-refractivity contribution in [2.75, 3.05) is 13.1 Å². The van der Waals surface area contributed by atoms with Crippen molar-refractivity contribution in [3.05, 3.63) is 0 Å². The van der Waals surface area contributed by atoms with E-state index in [1.807, 2.05) is 6.92 Å². The summed E-state index contributed by atoms with van der Waals surface area (Å²) in [4.78, 5) is 11.1. The lowest BCUT2D eigenvalue weighted by Crippen LogP contribution is -2.43. The molecule has 2 N–H and O–H groups in total. The van der Waals surface area contributed by atoms with Crippen molar-refractivity contribution in [1.29, 1.82) is 0 Å². The highest BCUT2D eigenvalue weighted by atomic mass is 35.5. The standard InChI is InChI=1S/C14H25NO2.ClH/c1-10(14(16)17)12-7-13(9-15-8-12)11-5-3-2-4-6-11;/h10-13,15H,2-9H2,1H3,(H,16,17);1H/t10?,12-,13+;/m0./s1. The van der Waals surface area contributed by atoms with Crippen LogP contribution in [0.5, 0.6) is 0 Å². The van der Waals surface area contributed by atoms with E-state index >= 15 is 0 Å². The third-order valence-corrected chi connectivity index (χ3v) is 4.83. The van der Waals surface area contributed by atoms with E-state index in [1.165, 1.54) is 32.1 Å². The quantitative estimate of drug-likeness (QED) is 0.833. The molecular weight excluding hydrogens is 250 g/mol. The van der Waals surface area contributed by atoms with E-state index in [-0.39, 0.29) is 18.3 Å². The number of piperidine rings is 1. The van der Waals surface area contributed by atoms with Gasteiger partial charge in [-0.15, -0.1) is 12.4 Å². The van der Waals surface area contributed by atoms with Crippen molar-refractivity contribution >= 4 is 18.4 Å². The summed E-state index contributed by atoms with van der Waals surface area (Å²) in [5, 5.41) is 12.6. The average Bonchev–Trinajstić information content (AvgIpc) is 2.39. The molecule has 0 spiro atoms. The SMILES string of the molecule is CC(C(=O)O)[C@@H]1CNC[C@H](C2CCCCC2)C1.Cl. The molecule has 1 saturated carbocycles. The molecule has 2 rings (SSSR count). The van der Waals surface area contributed by atoms with Gasteiger partial charge in [0.2, 0.25) is 0 Å². The van der Waals surface area contributed by atoms with E-state index in [2.05, 4.69) is 5.32 Å². The van der Waals surface area contributed by atoms with Crippen LogP contribution >= 0.6 is 12.4 Å². The number of nitrogens with one attached hydrogen (secondary N) is 1. The van der Waals surface area contributed by atoms with Crippen LogP contribution in [0.2, 0.25) is 0 Å². The molecule has 0 amide bonds. The van der Waals surface area contributed by atoms with Gasteiger partial charge in [0.15, 0.2) is 0 Å². The summed E-state index contributed by atoms with van der Waals surface area (Å²) in [6.07, 6.45) is 7.98. The predicted octanol–water partition coefficient (Wildman–Crippen LogP) is 2.93. The molecule has 106 valence electrons. The number of aliphatic carboxylic acids is 1.